The predicted octanol–water partition coefficient (Wildman–Crippen LogP) is 3.21. The summed E-state index contributed by atoms with van der Waals surface area (Å²) in [4.78, 5) is 4.24. The molecule has 0 amide bonds. The highest BCUT2D eigenvalue weighted by molar-refractivity contribution is 4.98. The Morgan fingerprint density at radius 3 is 2.65 bits per heavy atom. The molecular weight excluding hydrogens is 210 g/mol. The van der Waals surface area contributed by atoms with Crippen LogP contribution in [0.25, 0.3) is 0 Å². The van der Waals surface area contributed by atoms with Gasteiger partial charge in [0.1, 0.15) is 0 Å². The summed E-state index contributed by atoms with van der Waals surface area (Å²) in [5, 5.41) is 3.50. The van der Waals surface area contributed by atoms with Gasteiger partial charge in [-0.3, -0.25) is 0 Å². The zero-order valence-corrected chi connectivity index (χ0v) is 12.0. The van der Waals surface area contributed by atoms with Gasteiger partial charge in [-0.15, -0.1) is 0 Å². The molecule has 98 valence electrons. The normalized spacial score (nSPS) is 12.4. The van der Waals surface area contributed by atoms with Crippen LogP contribution < -0.4 is 5.32 Å². The lowest BCUT2D eigenvalue weighted by Gasteiger charge is -2.21. The molecule has 0 atom stereocenters. The van der Waals surface area contributed by atoms with Crippen molar-refractivity contribution in [2.24, 2.45) is 5.92 Å². The van der Waals surface area contributed by atoms with Crippen molar-refractivity contribution in [1.29, 1.82) is 0 Å². The zero-order chi connectivity index (χ0) is 12.9. The first-order chi connectivity index (χ1) is 7.88. The molecule has 0 fully saturated rings. The summed E-state index contributed by atoms with van der Waals surface area (Å²) in [6.07, 6.45) is 6.43. The number of hydrogen-bond acceptors (Lipinski definition) is 2. The Hall–Kier alpha value is -0.830. The topological polar surface area (TPSA) is 29.9 Å². The summed E-state index contributed by atoms with van der Waals surface area (Å²) in [7, 11) is 0. The number of nitrogens with zero attached hydrogens (tertiary/aromatic N) is 2. The predicted molar refractivity (Wildman–Crippen MR) is 72.9 cm³/mol. The smallest absolute Gasteiger partial charge is 0.0948 e. The number of aryl methyl sites for hydroxylation is 1. The Balaban J connectivity index is 2.43. The van der Waals surface area contributed by atoms with E-state index in [0.29, 0.717) is 0 Å². The van der Waals surface area contributed by atoms with Gasteiger partial charge < -0.3 is 9.88 Å². The van der Waals surface area contributed by atoms with Crippen LogP contribution in [0.15, 0.2) is 12.5 Å². The summed E-state index contributed by atoms with van der Waals surface area (Å²) in [5.74, 6) is 0.787. The van der Waals surface area contributed by atoms with E-state index in [1.54, 1.807) is 0 Å². The van der Waals surface area contributed by atoms with Crippen LogP contribution in [0.2, 0.25) is 0 Å². The van der Waals surface area contributed by atoms with Gasteiger partial charge in [0.15, 0.2) is 0 Å². The van der Waals surface area contributed by atoms with Gasteiger partial charge in [-0.2, -0.15) is 0 Å². The van der Waals surface area contributed by atoms with Crippen molar-refractivity contribution in [2.45, 2.75) is 66.1 Å². The second kappa shape index (κ2) is 6.20. The van der Waals surface area contributed by atoms with E-state index in [2.05, 4.69) is 49.5 Å². The molecule has 0 saturated carbocycles. The van der Waals surface area contributed by atoms with E-state index in [0.717, 1.165) is 19.0 Å². The molecule has 1 N–H and O–H groups in total. The standard InChI is InChI=1S/C14H27N3/c1-12(2)7-6-8-17-11-15-9-13(17)10-16-14(3,4)5/h9,11-12,16H,6-8,10H2,1-5H3. The molecule has 0 unspecified atom stereocenters. The van der Waals surface area contributed by atoms with E-state index in [1.165, 1.54) is 18.5 Å². The Morgan fingerprint density at radius 1 is 1.35 bits per heavy atom. The maximum absolute atomic E-state index is 4.24. The molecule has 0 saturated heterocycles. The van der Waals surface area contributed by atoms with Crippen LogP contribution in [-0.4, -0.2) is 15.1 Å². The van der Waals surface area contributed by atoms with Crippen molar-refractivity contribution in [1.82, 2.24) is 14.9 Å². The van der Waals surface area contributed by atoms with E-state index < -0.39 is 0 Å². The highest BCUT2D eigenvalue weighted by atomic mass is 15.1. The van der Waals surface area contributed by atoms with Crippen molar-refractivity contribution >= 4 is 0 Å². The lowest BCUT2D eigenvalue weighted by atomic mass is 10.1. The minimum atomic E-state index is 0.160. The second-order valence-corrected chi connectivity index (χ2v) is 6.22. The molecule has 0 aliphatic rings. The second-order valence-electron chi connectivity index (χ2n) is 6.22. The molecule has 1 aromatic rings. The van der Waals surface area contributed by atoms with E-state index in [4.69, 9.17) is 0 Å². The molecule has 3 heteroatoms. The summed E-state index contributed by atoms with van der Waals surface area (Å²) >= 11 is 0. The zero-order valence-electron chi connectivity index (χ0n) is 12.0. The molecule has 0 aromatic carbocycles. The van der Waals surface area contributed by atoms with E-state index >= 15 is 0 Å². The fourth-order valence-electron chi connectivity index (χ4n) is 1.72. The lowest BCUT2D eigenvalue weighted by Crippen LogP contribution is -2.35. The molecule has 1 heterocycles. The summed E-state index contributed by atoms with van der Waals surface area (Å²) in [6.45, 7) is 13.1. The lowest BCUT2D eigenvalue weighted by molar-refractivity contribution is 0.412. The molecule has 1 aromatic heterocycles. The molecule has 17 heavy (non-hydrogen) atoms. The van der Waals surface area contributed by atoms with Crippen LogP contribution in [0.1, 0.15) is 53.2 Å². The van der Waals surface area contributed by atoms with Crippen molar-refractivity contribution in [3.63, 3.8) is 0 Å². The monoisotopic (exact) mass is 237 g/mol. The fourth-order valence-corrected chi connectivity index (χ4v) is 1.72. The van der Waals surface area contributed by atoms with Gasteiger partial charge in [-0.05, 0) is 39.5 Å². The molecule has 1 rings (SSSR count). The Labute approximate surface area is 106 Å². The summed E-state index contributed by atoms with van der Waals surface area (Å²) < 4.78 is 2.26. The van der Waals surface area contributed by atoms with E-state index in [9.17, 15) is 0 Å². The summed E-state index contributed by atoms with van der Waals surface area (Å²) in [5.41, 5.74) is 1.44. The first-order valence-corrected chi connectivity index (χ1v) is 6.62. The minimum absolute atomic E-state index is 0.160. The van der Waals surface area contributed by atoms with Crippen molar-refractivity contribution in [3.8, 4) is 0 Å². The highest BCUT2D eigenvalue weighted by Gasteiger charge is 2.10. The molecular formula is C14H27N3. The SMILES string of the molecule is CC(C)CCCn1cncc1CNC(C)(C)C. The number of rotatable bonds is 6. The molecule has 0 spiro atoms. The van der Waals surface area contributed by atoms with Crippen LogP contribution in [0.5, 0.6) is 0 Å². The molecule has 0 bridgehead atoms. The van der Waals surface area contributed by atoms with Crippen molar-refractivity contribution in [2.75, 3.05) is 0 Å². The number of hydrogen-bond donors (Lipinski definition) is 1. The quantitative estimate of drug-likeness (QED) is 0.823. The molecule has 3 nitrogen and oxygen atoms in total. The van der Waals surface area contributed by atoms with Crippen LogP contribution in [0, 0.1) is 5.92 Å². The Kier molecular flexibility index (Phi) is 5.19. The van der Waals surface area contributed by atoms with Gasteiger partial charge in [0.25, 0.3) is 0 Å². The van der Waals surface area contributed by atoms with Crippen LogP contribution >= 0.6 is 0 Å². The Bertz CT molecular complexity index is 320. The maximum atomic E-state index is 4.24. The number of imidazole rings is 1. The largest absolute Gasteiger partial charge is 0.333 e. The first kappa shape index (κ1) is 14.2. The average molecular weight is 237 g/mol. The minimum Gasteiger partial charge on any atom is -0.333 e. The van der Waals surface area contributed by atoms with Crippen LogP contribution in [-0.2, 0) is 13.1 Å². The van der Waals surface area contributed by atoms with Gasteiger partial charge in [-0.1, -0.05) is 13.8 Å². The third kappa shape index (κ3) is 5.87. The van der Waals surface area contributed by atoms with Crippen molar-refractivity contribution < 1.29 is 0 Å². The summed E-state index contributed by atoms with van der Waals surface area (Å²) in [6, 6.07) is 0. The first-order valence-electron chi connectivity index (χ1n) is 6.62. The van der Waals surface area contributed by atoms with Gasteiger partial charge in [0, 0.05) is 24.8 Å². The van der Waals surface area contributed by atoms with Gasteiger partial charge in [0.05, 0.1) is 12.0 Å². The average Bonchev–Trinajstić information content (AvgIpc) is 2.61. The fraction of sp³-hybridized carbons (Fsp3) is 0.786. The third-order valence-electron chi connectivity index (χ3n) is 2.78. The third-order valence-corrected chi connectivity index (χ3v) is 2.78. The highest BCUT2D eigenvalue weighted by Crippen LogP contribution is 2.08. The molecule has 0 aliphatic heterocycles. The van der Waals surface area contributed by atoms with Crippen molar-refractivity contribution in [3.05, 3.63) is 18.2 Å². The molecule has 0 radical (unpaired) electrons. The van der Waals surface area contributed by atoms with Gasteiger partial charge >= 0.3 is 0 Å². The maximum Gasteiger partial charge on any atom is 0.0948 e. The van der Waals surface area contributed by atoms with Crippen LogP contribution in [0.3, 0.4) is 0 Å². The number of nitrogens with one attached hydrogen (secondary N) is 1. The number of aromatic nitrogens is 2. The Morgan fingerprint density at radius 2 is 2.06 bits per heavy atom. The van der Waals surface area contributed by atoms with Gasteiger partial charge in [0.2, 0.25) is 0 Å². The van der Waals surface area contributed by atoms with E-state index in [-0.39, 0.29) is 5.54 Å². The van der Waals surface area contributed by atoms with Crippen LogP contribution in [0.4, 0.5) is 0 Å². The van der Waals surface area contributed by atoms with Gasteiger partial charge in [-0.25, -0.2) is 4.98 Å². The molecule has 0 aliphatic carbocycles. The van der Waals surface area contributed by atoms with E-state index in [1.807, 2.05) is 12.5 Å².